The topological polar surface area (TPSA) is 205 Å². The number of carbonyl (C=O) groups excluding carboxylic acids is 4. The van der Waals surface area contributed by atoms with E-state index in [0.29, 0.717) is 17.1 Å². The molecule has 166 valence electrons. The summed E-state index contributed by atoms with van der Waals surface area (Å²) in [5, 5.41) is 7.85. The third-order valence-electron chi connectivity index (χ3n) is 4.08. The zero-order valence-electron chi connectivity index (χ0n) is 17.1. The van der Waals surface area contributed by atoms with Gasteiger partial charge in [0.2, 0.25) is 11.8 Å². The third kappa shape index (κ3) is 6.62. The summed E-state index contributed by atoms with van der Waals surface area (Å²) in [5.41, 5.74) is 16.8. The van der Waals surface area contributed by atoms with Gasteiger partial charge in [0.15, 0.2) is 5.96 Å². The number of aromatic nitrogens is 2. The van der Waals surface area contributed by atoms with Crippen LogP contribution in [0.25, 0.3) is 0 Å². The minimum atomic E-state index is -0.519. The summed E-state index contributed by atoms with van der Waals surface area (Å²) in [5.74, 6) is -2.02. The number of carbonyl (C=O) groups is 4. The van der Waals surface area contributed by atoms with Crippen molar-refractivity contribution < 1.29 is 19.2 Å². The average molecular weight is 431 g/mol. The van der Waals surface area contributed by atoms with Gasteiger partial charge >= 0.3 is 0 Å². The Bertz CT molecular complexity index is 1030. The van der Waals surface area contributed by atoms with E-state index < -0.39 is 23.6 Å². The Labute approximate surface area is 177 Å². The molecule has 0 spiro atoms. The van der Waals surface area contributed by atoms with Crippen molar-refractivity contribution in [2.45, 2.75) is 6.42 Å². The van der Waals surface area contributed by atoms with Crippen LogP contribution in [-0.2, 0) is 23.7 Å². The Morgan fingerprint density at radius 1 is 0.903 bits per heavy atom. The van der Waals surface area contributed by atoms with Gasteiger partial charge in [0.05, 0.1) is 11.4 Å². The molecule has 4 amide bonds. The number of hydrogen-bond donors (Lipinski definition) is 6. The maximum absolute atomic E-state index is 12.6. The number of hydrogen-bond acceptors (Lipinski definition) is 5. The van der Waals surface area contributed by atoms with Crippen LogP contribution in [0.3, 0.4) is 0 Å². The first kappa shape index (κ1) is 23.0. The molecule has 0 aliphatic carbocycles. The molecule has 31 heavy (non-hydrogen) atoms. The second-order valence-electron chi connectivity index (χ2n) is 6.67. The Morgan fingerprint density at radius 2 is 1.45 bits per heavy atom. The summed E-state index contributed by atoms with van der Waals surface area (Å²) in [6.45, 7) is -0.130. The standard InChI is InChI=1S/C18H25N9O4/c1-26-9-11(6-12(26)16(30)22-4-3-14(19)28)25-17(31)13-5-10(8-27(13)2)24-15(29)7-23-18(20)21/h5-6,8-9H,3-4,7H2,1-2H3,(H2,19,28)(H,22,30)(H,24,29)(H,25,31)(H4,20,21,23). The highest BCUT2D eigenvalue weighted by atomic mass is 16.2. The van der Waals surface area contributed by atoms with E-state index in [2.05, 4.69) is 20.9 Å². The molecule has 0 aliphatic rings. The van der Waals surface area contributed by atoms with Gasteiger partial charge in [-0.2, -0.15) is 0 Å². The van der Waals surface area contributed by atoms with Crippen LogP contribution in [0.15, 0.2) is 29.5 Å². The summed E-state index contributed by atoms with van der Waals surface area (Å²) < 4.78 is 3.07. The highest BCUT2D eigenvalue weighted by Gasteiger charge is 2.17. The molecule has 0 saturated carbocycles. The van der Waals surface area contributed by atoms with Crippen LogP contribution >= 0.6 is 0 Å². The second-order valence-corrected chi connectivity index (χ2v) is 6.67. The monoisotopic (exact) mass is 431 g/mol. The second kappa shape index (κ2) is 9.96. The van der Waals surface area contributed by atoms with Crippen molar-refractivity contribution in [1.82, 2.24) is 14.5 Å². The van der Waals surface area contributed by atoms with Crippen molar-refractivity contribution in [2.75, 3.05) is 23.7 Å². The number of nitrogens with one attached hydrogen (secondary N) is 3. The van der Waals surface area contributed by atoms with Gasteiger partial charge in [-0.15, -0.1) is 0 Å². The molecule has 2 aromatic heterocycles. The van der Waals surface area contributed by atoms with E-state index in [-0.39, 0.29) is 31.2 Å². The molecule has 0 fully saturated rings. The van der Waals surface area contributed by atoms with Crippen LogP contribution in [0, 0.1) is 0 Å². The fourth-order valence-corrected chi connectivity index (χ4v) is 2.67. The first-order chi connectivity index (χ1) is 14.6. The molecule has 0 radical (unpaired) electrons. The van der Waals surface area contributed by atoms with Crippen LogP contribution < -0.4 is 33.2 Å². The van der Waals surface area contributed by atoms with E-state index in [0.717, 1.165) is 0 Å². The lowest BCUT2D eigenvalue weighted by Gasteiger charge is -2.04. The number of primary amides is 1. The lowest BCUT2D eigenvalue weighted by molar-refractivity contribution is -0.118. The minimum Gasteiger partial charge on any atom is -0.370 e. The van der Waals surface area contributed by atoms with Crippen molar-refractivity contribution in [1.29, 1.82) is 0 Å². The van der Waals surface area contributed by atoms with E-state index in [1.165, 1.54) is 21.3 Å². The highest BCUT2D eigenvalue weighted by Crippen LogP contribution is 2.17. The number of rotatable bonds is 9. The molecule has 0 bridgehead atoms. The fourth-order valence-electron chi connectivity index (χ4n) is 2.67. The normalized spacial score (nSPS) is 10.3. The van der Waals surface area contributed by atoms with E-state index in [9.17, 15) is 19.2 Å². The van der Waals surface area contributed by atoms with Crippen LogP contribution in [-0.4, -0.2) is 51.8 Å². The van der Waals surface area contributed by atoms with Gasteiger partial charge in [-0.3, -0.25) is 19.2 Å². The predicted octanol–water partition coefficient (Wildman–Crippen LogP) is -1.57. The third-order valence-corrected chi connectivity index (χ3v) is 4.08. The van der Waals surface area contributed by atoms with Gasteiger partial charge in [0.1, 0.15) is 17.9 Å². The number of anilines is 2. The van der Waals surface area contributed by atoms with Crippen molar-refractivity contribution >= 4 is 41.0 Å². The number of aliphatic imine (C=N–C) groups is 1. The molecule has 13 nitrogen and oxygen atoms in total. The van der Waals surface area contributed by atoms with E-state index in [1.54, 1.807) is 26.5 Å². The van der Waals surface area contributed by atoms with Crippen LogP contribution in [0.1, 0.15) is 27.4 Å². The van der Waals surface area contributed by atoms with Crippen molar-refractivity contribution in [3.8, 4) is 0 Å². The molecular weight excluding hydrogens is 406 g/mol. The first-order valence-corrected chi connectivity index (χ1v) is 9.12. The van der Waals surface area contributed by atoms with E-state index in [1.807, 2.05) is 0 Å². The minimum absolute atomic E-state index is 0.0259. The lowest BCUT2D eigenvalue weighted by Crippen LogP contribution is -2.29. The lowest BCUT2D eigenvalue weighted by atomic mass is 10.3. The zero-order valence-corrected chi connectivity index (χ0v) is 17.1. The predicted molar refractivity (Wildman–Crippen MR) is 114 cm³/mol. The maximum atomic E-state index is 12.6. The van der Waals surface area contributed by atoms with E-state index >= 15 is 0 Å². The molecule has 2 rings (SSSR count). The zero-order chi connectivity index (χ0) is 23.1. The van der Waals surface area contributed by atoms with Gasteiger partial charge in [-0.25, -0.2) is 4.99 Å². The van der Waals surface area contributed by atoms with Crippen molar-refractivity contribution in [3.05, 3.63) is 35.9 Å². The SMILES string of the molecule is Cn1cc(NC(=O)c2cc(NC(=O)CN=C(N)N)cn2C)cc1C(=O)NCCC(N)=O. The summed E-state index contributed by atoms with van der Waals surface area (Å²) >= 11 is 0. The number of nitrogens with two attached hydrogens (primary N) is 3. The number of amides is 4. The smallest absolute Gasteiger partial charge is 0.272 e. The molecule has 0 unspecified atom stereocenters. The van der Waals surface area contributed by atoms with Gasteiger partial charge in [0.25, 0.3) is 11.8 Å². The molecule has 0 atom stereocenters. The van der Waals surface area contributed by atoms with Gasteiger partial charge in [-0.05, 0) is 12.1 Å². The maximum Gasteiger partial charge on any atom is 0.272 e. The molecular formula is C18H25N9O4. The first-order valence-electron chi connectivity index (χ1n) is 9.12. The van der Waals surface area contributed by atoms with Crippen molar-refractivity contribution in [3.63, 3.8) is 0 Å². The summed E-state index contributed by atoms with van der Waals surface area (Å²) in [6.07, 6.45) is 3.16. The molecule has 13 heteroatoms. The summed E-state index contributed by atoms with van der Waals surface area (Å²) in [4.78, 5) is 51.0. The van der Waals surface area contributed by atoms with Crippen LogP contribution in [0.4, 0.5) is 11.4 Å². The van der Waals surface area contributed by atoms with Gasteiger partial charge in [-0.1, -0.05) is 0 Å². The number of nitrogens with zero attached hydrogens (tertiary/aromatic N) is 3. The molecule has 0 aromatic carbocycles. The Kier molecular flexibility index (Phi) is 7.38. The molecule has 0 aliphatic heterocycles. The highest BCUT2D eigenvalue weighted by molar-refractivity contribution is 6.05. The van der Waals surface area contributed by atoms with Gasteiger partial charge in [0, 0.05) is 39.5 Å². The van der Waals surface area contributed by atoms with Gasteiger partial charge < -0.3 is 42.3 Å². The Hall–Kier alpha value is -4.29. The van der Waals surface area contributed by atoms with Crippen LogP contribution in [0.5, 0.6) is 0 Å². The average Bonchev–Trinajstić information content (AvgIpc) is 3.21. The molecule has 0 saturated heterocycles. The van der Waals surface area contributed by atoms with Crippen molar-refractivity contribution in [2.24, 2.45) is 36.3 Å². The van der Waals surface area contributed by atoms with Crippen LogP contribution in [0.2, 0.25) is 0 Å². The number of guanidine groups is 1. The van der Waals surface area contributed by atoms with E-state index in [4.69, 9.17) is 17.2 Å². The quantitative estimate of drug-likeness (QED) is 0.204. The Morgan fingerprint density at radius 3 is 2.00 bits per heavy atom. The molecule has 2 heterocycles. The number of aryl methyl sites for hydroxylation is 2. The Balaban J connectivity index is 2.03. The molecule has 9 N–H and O–H groups in total. The summed E-state index contributed by atoms with van der Waals surface area (Å²) in [7, 11) is 3.29. The fraction of sp³-hybridized carbons (Fsp3) is 0.278. The molecule has 2 aromatic rings. The largest absolute Gasteiger partial charge is 0.370 e. The summed E-state index contributed by atoms with van der Waals surface area (Å²) in [6, 6.07) is 2.99.